The van der Waals surface area contributed by atoms with Crippen LogP contribution in [0.4, 0.5) is 14.5 Å². The Morgan fingerprint density at radius 3 is 2.72 bits per heavy atom. The SMILES string of the molecule is CCOc1ccccc1NC(=O)C(C)OC(=O)CCc1ncc(-c2ccc(F)cc2F)o1. The third-order valence-corrected chi connectivity index (χ3v) is 4.42. The summed E-state index contributed by atoms with van der Waals surface area (Å²) >= 11 is 0. The number of nitrogens with one attached hydrogen (secondary N) is 1. The van der Waals surface area contributed by atoms with Crippen LogP contribution >= 0.6 is 0 Å². The number of para-hydroxylation sites is 2. The van der Waals surface area contributed by atoms with Crippen molar-refractivity contribution < 1.29 is 32.3 Å². The van der Waals surface area contributed by atoms with Gasteiger partial charge in [-0.25, -0.2) is 13.8 Å². The zero-order valence-electron chi connectivity index (χ0n) is 17.6. The van der Waals surface area contributed by atoms with Crippen LogP contribution in [0, 0.1) is 11.6 Å². The number of esters is 1. The first kappa shape index (κ1) is 22.9. The molecule has 1 atom stereocenters. The highest BCUT2D eigenvalue weighted by Crippen LogP contribution is 2.25. The van der Waals surface area contributed by atoms with Gasteiger partial charge in [0.1, 0.15) is 17.4 Å². The van der Waals surface area contributed by atoms with Gasteiger partial charge in [-0.15, -0.1) is 0 Å². The van der Waals surface area contributed by atoms with E-state index in [0.29, 0.717) is 18.0 Å². The van der Waals surface area contributed by atoms with E-state index in [-0.39, 0.29) is 30.1 Å². The van der Waals surface area contributed by atoms with Gasteiger partial charge in [-0.3, -0.25) is 9.59 Å². The number of hydrogen-bond acceptors (Lipinski definition) is 6. The van der Waals surface area contributed by atoms with Crippen molar-refractivity contribution in [3.8, 4) is 17.1 Å². The summed E-state index contributed by atoms with van der Waals surface area (Å²) in [5.74, 6) is -1.80. The van der Waals surface area contributed by atoms with Gasteiger partial charge >= 0.3 is 5.97 Å². The second-order valence-electron chi connectivity index (χ2n) is 6.79. The largest absolute Gasteiger partial charge is 0.492 e. The van der Waals surface area contributed by atoms with Gasteiger partial charge in [-0.05, 0) is 38.1 Å². The minimum atomic E-state index is -1.04. The monoisotopic (exact) mass is 444 g/mol. The maximum Gasteiger partial charge on any atom is 0.307 e. The number of nitrogens with zero attached hydrogens (tertiary/aromatic N) is 1. The molecule has 1 unspecified atom stereocenters. The molecule has 0 saturated heterocycles. The summed E-state index contributed by atoms with van der Waals surface area (Å²) in [5, 5.41) is 2.67. The molecule has 0 saturated carbocycles. The summed E-state index contributed by atoms with van der Waals surface area (Å²) in [5.41, 5.74) is 0.535. The number of carbonyl (C=O) groups excluding carboxylic acids is 2. The van der Waals surface area contributed by atoms with E-state index in [1.54, 1.807) is 24.3 Å². The summed E-state index contributed by atoms with van der Waals surface area (Å²) in [6.07, 6.45) is 0.246. The number of oxazole rings is 1. The lowest BCUT2D eigenvalue weighted by molar-refractivity contribution is -0.153. The zero-order valence-corrected chi connectivity index (χ0v) is 17.6. The van der Waals surface area contributed by atoms with Crippen molar-refractivity contribution in [3.05, 3.63) is 66.2 Å². The summed E-state index contributed by atoms with van der Waals surface area (Å²) in [6.45, 7) is 3.72. The lowest BCUT2D eigenvalue weighted by Gasteiger charge is -2.15. The molecule has 0 radical (unpaired) electrons. The molecule has 1 heterocycles. The van der Waals surface area contributed by atoms with Gasteiger partial charge in [0, 0.05) is 12.5 Å². The molecular weight excluding hydrogens is 422 g/mol. The van der Waals surface area contributed by atoms with E-state index in [1.165, 1.54) is 19.2 Å². The van der Waals surface area contributed by atoms with E-state index in [0.717, 1.165) is 12.1 Å². The Morgan fingerprint density at radius 2 is 1.97 bits per heavy atom. The maximum absolute atomic E-state index is 13.9. The van der Waals surface area contributed by atoms with Crippen LogP contribution in [0.3, 0.4) is 0 Å². The van der Waals surface area contributed by atoms with Crippen LogP contribution in [0.2, 0.25) is 0 Å². The van der Waals surface area contributed by atoms with E-state index in [9.17, 15) is 18.4 Å². The quantitative estimate of drug-likeness (QED) is 0.488. The number of anilines is 1. The van der Waals surface area contributed by atoms with Crippen molar-refractivity contribution in [3.63, 3.8) is 0 Å². The third-order valence-electron chi connectivity index (χ3n) is 4.42. The smallest absolute Gasteiger partial charge is 0.307 e. The van der Waals surface area contributed by atoms with Crippen LogP contribution in [-0.4, -0.2) is 29.6 Å². The highest BCUT2D eigenvalue weighted by Gasteiger charge is 2.20. The zero-order chi connectivity index (χ0) is 23.1. The van der Waals surface area contributed by atoms with E-state index in [1.807, 2.05) is 6.92 Å². The molecule has 1 amide bonds. The molecule has 0 aliphatic heterocycles. The average molecular weight is 444 g/mol. The van der Waals surface area contributed by atoms with Crippen molar-refractivity contribution in [1.82, 2.24) is 4.98 Å². The first-order valence-electron chi connectivity index (χ1n) is 9.99. The fraction of sp³-hybridized carbons (Fsp3) is 0.261. The fourth-order valence-corrected chi connectivity index (χ4v) is 2.84. The minimum absolute atomic E-state index is 0.0605. The topological polar surface area (TPSA) is 90.7 Å². The van der Waals surface area contributed by atoms with E-state index in [4.69, 9.17) is 13.9 Å². The Labute approximate surface area is 183 Å². The van der Waals surface area contributed by atoms with Gasteiger partial charge in [0.25, 0.3) is 5.91 Å². The molecule has 3 rings (SSSR count). The van der Waals surface area contributed by atoms with Gasteiger partial charge < -0.3 is 19.2 Å². The minimum Gasteiger partial charge on any atom is -0.492 e. The number of benzene rings is 2. The Balaban J connectivity index is 1.51. The van der Waals surface area contributed by atoms with Crippen molar-refractivity contribution >= 4 is 17.6 Å². The lowest BCUT2D eigenvalue weighted by atomic mass is 10.2. The molecule has 32 heavy (non-hydrogen) atoms. The molecule has 1 N–H and O–H groups in total. The molecule has 0 aliphatic rings. The van der Waals surface area contributed by atoms with Crippen LogP contribution in [0.1, 0.15) is 26.2 Å². The number of amides is 1. The molecule has 7 nitrogen and oxygen atoms in total. The number of aryl methyl sites for hydroxylation is 1. The van der Waals surface area contributed by atoms with Gasteiger partial charge in [-0.1, -0.05) is 12.1 Å². The van der Waals surface area contributed by atoms with Crippen LogP contribution in [0.25, 0.3) is 11.3 Å². The molecule has 1 aromatic heterocycles. The van der Waals surface area contributed by atoms with E-state index >= 15 is 0 Å². The third kappa shape index (κ3) is 5.90. The Bertz CT molecular complexity index is 1100. The second-order valence-corrected chi connectivity index (χ2v) is 6.79. The Morgan fingerprint density at radius 1 is 1.19 bits per heavy atom. The van der Waals surface area contributed by atoms with Gasteiger partial charge in [0.2, 0.25) is 0 Å². The Hall–Kier alpha value is -3.75. The summed E-state index contributed by atoms with van der Waals surface area (Å²) in [7, 11) is 0. The molecule has 3 aromatic rings. The molecule has 9 heteroatoms. The van der Waals surface area contributed by atoms with Crippen molar-refractivity contribution in [1.29, 1.82) is 0 Å². The van der Waals surface area contributed by atoms with Crippen LogP contribution in [0.5, 0.6) is 5.75 Å². The number of aromatic nitrogens is 1. The molecule has 2 aromatic carbocycles. The van der Waals surface area contributed by atoms with Gasteiger partial charge in [0.15, 0.2) is 17.8 Å². The van der Waals surface area contributed by atoms with Crippen LogP contribution in [-0.2, 0) is 20.7 Å². The number of rotatable bonds is 9. The van der Waals surface area contributed by atoms with Crippen molar-refractivity contribution in [2.75, 3.05) is 11.9 Å². The number of carbonyl (C=O) groups is 2. The molecular formula is C23H22F2N2O5. The predicted molar refractivity (Wildman–Crippen MR) is 112 cm³/mol. The molecule has 168 valence electrons. The fourth-order valence-electron chi connectivity index (χ4n) is 2.84. The van der Waals surface area contributed by atoms with Crippen molar-refractivity contribution in [2.45, 2.75) is 32.8 Å². The van der Waals surface area contributed by atoms with E-state index < -0.39 is 29.6 Å². The summed E-state index contributed by atoms with van der Waals surface area (Å²) < 4.78 is 43.0. The van der Waals surface area contributed by atoms with Crippen LogP contribution < -0.4 is 10.1 Å². The average Bonchev–Trinajstić information content (AvgIpc) is 3.22. The molecule has 0 spiro atoms. The lowest BCUT2D eigenvalue weighted by Crippen LogP contribution is -2.30. The highest BCUT2D eigenvalue weighted by molar-refractivity contribution is 5.96. The standard InChI is InChI=1S/C23H22F2N2O5/c1-3-30-19-7-5-4-6-18(19)27-23(29)14(2)31-22(28)11-10-21-26-13-20(32-21)16-9-8-15(24)12-17(16)25/h4-9,12-14H,3,10-11H2,1-2H3,(H,27,29). The molecule has 0 bridgehead atoms. The predicted octanol–water partition coefficient (Wildman–Crippen LogP) is 4.52. The van der Waals surface area contributed by atoms with Gasteiger partial charge in [-0.2, -0.15) is 0 Å². The number of ether oxygens (including phenoxy) is 2. The maximum atomic E-state index is 13.9. The summed E-state index contributed by atoms with van der Waals surface area (Å²) in [4.78, 5) is 28.5. The highest BCUT2D eigenvalue weighted by atomic mass is 19.1. The van der Waals surface area contributed by atoms with Crippen LogP contribution in [0.15, 0.2) is 53.1 Å². The first-order valence-corrected chi connectivity index (χ1v) is 9.99. The number of halogens is 2. The van der Waals surface area contributed by atoms with Crippen molar-refractivity contribution in [2.24, 2.45) is 0 Å². The normalized spacial score (nSPS) is 11.6. The Kier molecular flexibility index (Phi) is 7.54. The molecule has 0 fully saturated rings. The summed E-state index contributed by atoms with van der Waals surface area (Å²) in [6, 6.07) is 10.0. The number of hydrogen-bond donors (Lipinski definition) is 1. The molecule has 0 aliphatic carbocycles. The van der Waals surface area contributed by atoms with Gasteiger partial charge in [0.05, 0.1) is 30.5 Å². The van der Waals surface area contributed by atoms with E-state index in [2.05, 4.69) is 10.3 Å². The first-order chi connectivity index (χ1) is 15.4. The second kappa shape index (κ2) is 10.5.